The summed E-state index contributed by atoms with van der Waals surface area (Å²) in [4.78, 5) is 0. The van der Waals surface area contributed by atoms with E-state index in [1.165, 1.54) is 29.5 Å². The van der Waals surface area contributed by atoms with Crippen LogP contribution in [0.4, 0.5) is 0 Å². The minimum Gasteiger partial charge on any atom is -0.494 e. The van der Waals surface area contributed by atoms with Crippen LogP contribution < -0.4 is 10.5 Å². The Balaban J connectivity index is 2.96. The molecule has 2 heteroatoms. The van der Waals surface area contributed by atoms with Gasteiger partial charge in [-0.3, -0.25) is 0 Å². The van der Waals surface area contributed by atoms with Crippen molar-refractivity contribution in [2.24, 2.45) is 5.73 Å². The number of aryl methyl sites for hydroxylation is 2. The van der Waals surface area contributed by atoms with Gasteiger partial charge < -0.3 is 10.5 Å². The largest absolute Gasteiger partial charge is 0.494 e. The minimum atomic E-state index is 0.289. The van der Waals surface area contributed by atoms with Crippen LogP contribution in [-0.4, -0.2) is 12.6 Å². The summed E-state index contributed by atoms with van der Waals surface area (Å²) in [6.07, 6.45) is 3.43. The van der Waals surface area contributed by atoms with Gasteiger partial charge in [-0.25, -0.2) is 0 Å². The first-order valence-corrected chi connectivity index (χ1v) is 7.49. The van der Waals surface area contributed by atoms with Crippen LogP contribution in [0.2, 0.25) is 0 Å². The van der Waals surface area contributed by atoms with Crippen molar-refractivity contribution >= 4 is 0 Å². The van der Waals surface area contributed by atoms with Crippen LogP contribution in [-0.2, 0) is 0 Å². The van der Waals surface area contributed by atoms with Crippen molar-refractivity contribution in [1.29, 1.82) is 0 Å². The van der Waals surface area contributed by atoms with Gasteiger partial charge in [0.05, 0.1) is 6.61 Å². The molecule has 0 radical (unpaired) electrons. The fourth-order valence-electron chi connectivity index (χ4n) is 2.85. The second-order valence-corrected chi connectivity index (χ2v) is 5.56. The van der Waals surface area contributed by atoms with Gasteiger partial charge in [0.1, 0.15) is 5.75 Å². The van der Waals surface area contributed by atoms with Gasteiger partial charge in [0, 0.05) is 6.04 Å². The Bertz CT molecular complexity index is 375. The maximum Gasteiger partial charge on any atom is 0.119 e. The van der Waals surface area contributed by atoms with E-state index in [1.807, 2.05) is 6.92 Å². The van der Waals surface area contributed by atoms with Crippen molar-refractivity contribution in [2.45, 2.75) is 65.8 Å². The molecule has 1 aromatic carbocycles. The summed E-state index contributed by atoms with van der Waals surface area (Å²) in [5.41, 5.74) is 10.1. The minimum absolute atomic E-state index is 0.289. The van der Waals surface area contributed by atoms with Gasteiger partial charge in [-0.2, -0.15) is 0 Å². The van der Waals surface area contributed by atoms with Gasteiger partial charge in [-0.15, -0.1) is 0 Å². The fraction of sp³-hybridized carbons (Fsp3) is 0.647. The highest BCUT2D eigenvalue weighted by atomic mass is 16.5. The molecule has 2 unspecified atom stereocenters. The van der Waals surface area contributed by atoms with Crippen LogP contribution in [0.15, 0.2) is 12.1 Å². The summed E-state index contributed by atoms with van der Waals surface area (Å²) < 4.78 is 5.61. The quantitative estimate of drug-likeness (QED) is 0.795. The Hall–Kier alpha value is -1.02. The number of hydrogen-bond acceptors (Lipinski definition) is 2. The van der Waals surface area contributed by atoms with E-state index in [4.69, 9.17) is 10.5 Å². The first-order valence-electron chi connectivity index (χ1n) is 7.49. The van der Waals surface area contributed by atoms with E-state index >= 15 is 0 Å². The number of rotatable bonds is 7. The molecule has 0 aliphatic carbocycles. The van der Waals surface area contributed by atoms with E-state index in [2.05, 4.69) is 39.8 Å². The van der Waals surface area contributed by atoms with Crippen molar-refractivity contribution in [3.8, 4) is 5.75 Å². The maximum absolute atomic E-state index is 5.89. The summed E-state index contributed by atoms with van der Waals surface area (Å²) in [5, 5.41) is 0. The normalized spacial score (nSPS) is 14.2. The van der Waals surface area contributed by atoms with Crippen LogP contribution in [0, 0.1) is 13.8 Å². The van der Waals surface area contributed by atoms with Gasteiger partial charge >= 0.3 is 0 Å². The average molecular weight is 263 g/mol. The smallest absolute Gasteiger partial charge is 0.119 e. The van der Waals surface area contributed by atoms with Crippen molar-refractivity contribution in [1.82, 2.24) is 0 Å². The summed E-state index contributed by atoms with van der Waals surface area (Å²) in [5.74, 6) is 1.60. The number of hydrogen-bond donors (Lipinski definition) is 1. The Labute approximate surface area is 118 Å². The van der Waals surface area contributed by atoms with E-state index in [-0.39, 0.29) is 6.04 Å². The zero-order valence-corrected chi connectivity index (χ0v) is 13.1. The molecule has 0 aliphatic rings. The number of nitrogens with two attached hydrogens (primary N) is 1. The van der Waals surface area contributed by atoms with Gasteiger partial charge in [0.2, 0.25) is 0 Å². The third-order valence-electron chi connectivity index (χ3n) is 3.75. The summed E-state index contributed by atoms with van der Waals surface area (Å²) in [6, 6.07) is 4.62. The zero-order chi connectivity index (χ0) is 14.4. The molecule has 108 valence electrons. The van der Waals surface area contributed by atoms with Crippen LogP contribution >= 0.6 is 0 Å². The predicted octanol–water partition coefficient (Wildman–Crippen LogP) is 4.32. The molecule has 0 heterocycles. The first-order chi connectivity index (χ1) is 8.99. The SMILES string of the molecule is CCOc1cc(C)c(C(CC)CCC(C)N)c(C)c1. The van der Waals surface area contributed by atoms with Crippen LogP contribution in [0.5, 0.6) is 5.75 Å². The lowest BCUT2D eigenvalue weighted by Gasteiger charge is -2.22. The van der Waals surface area contributed by atoms with Crippen molar-refractivity contribution < 1.29 is 4.74 Å². The van der Waals surface area contributed by atoms with E-state index in [0.717, 1.165) is 18.8 Å². The molecule has 1 rings (SSSR count). The molecule has 0 saturated carbocycles. The van der Waals surface area contributed by atoms with E-state index in [1.54, 1.807) is 0 Å². The number of benzene rings is 1. The van der Waals surface area contributed by atoms with E-state index < -0.39 is 0 Å². The molecule has 0 spiro atoms. The monoisotopic (exact) mass is 263 g/mol. The number of ether oxygens (including phenoxy) is 1. The second kappa shape index (κ2) is 7.54. The third kappa shape index (κ3) is 4.54. The maximum atomic E-state index is 5.89. The highest BCUT2D eigenvalue weighted by Crippen LogP contribution is 2.33. The van der Waals surface area contributed by atoms with Gasteiger partial charge in [-0.05, 0) is 81.7 Å². The van der Waals surface area contributed by atoms with Gasteiger partial charge in [0.15, 0.2) is 0 Å². The molecular weight excluding hydrogens is 234 g/mol. The molecular formula is C17H29NO. The lowest BCUT2D eigenvalue weighted by Crippen LogP contribution is -2.16. The lowest BCUT2D eigenvalue weighted by atomic mass is 9.85. The van der Waals surface area contributed by atoms with Gasteiger partial charge in [0.25, 0.3) is 0 Å². The highest BCUT2D eigenvalue weighted by molar-refractivity contribution is 5.43. The standard InChI is InChI=1S/C17H29NO/c1-6-15(9-8-14(5)18)17-12(3)10-16(19-7-2)11-13(17)4/h10-11,14-15H,6-9,18H2,1-5H3. The van der Waals surface area contributed by atoms with Crippen LogP contribution in [0.1, 0.15) is 62.6 Å². The molecule has 2 atom stereocenters. The fourth-order valence-corrected chi connectivity index (χ4v) is 2.85. The highest BCUT2D eigenvalue weighted by Gasteiger charge is 2.16. The Morgan fingerprint density at radius 3 is 2.11 bits per heavy atom. The first kappa shape index (κ1) is 16.0. The molecule has 1 aromatic rings. The van der Waals surface area contributed by atoms with Crippen molar-refractivity contribution in [3.63, 3.8) is 0 Å². The predicted molar refractivity (Wildman–Crippen MR) is 83.0 cm³/mol. The Morgan fingerprint density at radius 2 is 1.68 bits per heavy atom. The molecule has 0 aliphatic heterocycles. The molecule has 0 amide bonds. The topological polar surface area (TPSA) is 35.2 Å². The summed E-state index contributed by atoms with van der Waals surface area (Å²) >= 11 is 0. The third-order valence-corrected chi connectivity index (χ3v) is 3.75. The summed E-state index contributed by atoms with van der Waals surface area (Å²) in [7, 11) is 0. The average Bonchev–Trinajstić information content (AvgIpc) is 2.32. The molecule has 0 saturated heterocycles. The lowest BCUT2D eigenvalue weighted by molar-refractivity contribution is 0.339. The zero-order valence-electron chi connectivity index (χ0n) is 13.1. The molecule has 0 fully saturated rings. The van der Waals surface area contributed by atoms with Gasteiger partial charge in [-0.1, -0.05) is 6.92 Å². The molecule has 19 heavy (non-hydrogen) atoms. The molecule has 0 bridgehead atoms. The Kier molecular flexibility index (Phi) is 6.36. The van der Waals surface area contributed by atoms with E-state index in [0.29, 0.717) is 5.92 Å². The molecule has 2 N–H and O–H groups in total. The van der Waals surface area contributed by atoms with Crippen molar-refractivity contribution in [3.05, 3.63) is 28.8 Å². The van der Waals surface area contributed by atoms with Crippen LogP contribution in [0.3, 0.4) is 0 Å². The Morgan fingerprint density at radius 1 is 1.11 bits per heavy atom. The van der Waals surface area contributed by atoms with Crippen molar-refractivity contribution in [2.75, 3.05) is 6.61 Å². The molecule has 0 aromatic heterocycles. The van der Waals surface area contributed by atoms with Crippen LogP contribution in [0.25, 0.3) is 0 Å². The second-order valence-electron chi connectivity index (χ2n) is 5.56. The molecule has 2 nitrogen and oxygen atoms in total. The summed E-state index contributed by atoms with van der Waals surface area (Å²) in [6.45, 7) is 11.5. The van der Waals surface area contributed by atoms with E-state index in [9.17, 15) is 0 Å².